The molecule has 0 atom stereocenters. The molecule has 0 aliphatic heterocycles. The Morgan fingerprint density at radius 1 is 1.08 bits per heavy atom. The first-order valence-corrected chi connectivity index (χ1v) is 7.95. The van der Waals surface area contributed by atoms with Crippen LogP contribution in [0.5, 0.6) is 0 Å². The molecule has 1 amide bonds. The van der Waals surface area contributed by atoms with Crippen LogP contribution in [0.4, 0.5) is 0 Å². The third-order valence-electron chi connectivity index (χ3n) is 4.14. The first-order valence-electron chi connectivity index (χ1n) is 7.95. The largest absolute Gasteiger partial charge is 0.469 e. The fourth-order valence-electron chi connectivity index (χ4n) is 2.83. The van der Waals surface area contributed by atoms with Crippen LogP contribution in [0, 0.1) is 0 Å². The van der Waals surface area contributed by atoms with Gasteiger partial charge in [0, 0.05) is 13.6 Å². The zero-order valence-electron chi connectivity index (χ0n) is 14.2. The van der Waals surface area contributed by atoms with E-state index in [9.17, 15) is 9.59 Å². The Kier molecular flexibility index (Phi) is 4.84. The van der Waals surface area contributed by atoms with Crippen LogP contribution in [0.15, 0.2) is 59.2 Å². The molecule has 0 radical (unpaired) electrons. The summed E-state index contributed by atoms with van der Waals surface area (Å²) in [7, 11) is 3.04. The average Bonchev–Trinajstić information content (AvgIpc) is 3.09. The SMILES string of the molecule is COC(=O)Cc1occc1C(=O)N(C)Cc1cccc2ccccc12. The summed E-state index contributed by atoms with van der Waals surface area (Å²) in [5, 5.41) is 2.25. The number of carbonyl (C=O) groups is 2. The van der Waals surface area contributed by atoms with Crippen molar-refractivity contribution in [2.75, 3.05) is 14.2 Å². The van der Waals surface area contributed by atoms with Gasteiger partial charge in [-0.2, -0.15) is 0 Å². The molecular weight excluding hydrogens is 318 g/mol. The fourth-order valence-corrected chi connectivity index (χ4v) is 2.83. The van der Waals surface area contributed by atoms with Crippen LogP contribution in [0.25, 0.3) is 10.8 Å². The van der Waals surface area contributed by atoms with Gasteiger partial charge in [-0.25, -0.2) is 0 Å². The number of fused-ring (bicyclic) bond motifs is 1. The van der Waals surface area contributed by atoms with Gasteiger partial charge >= 0.3 is 5.97 Å². The number of methoxy groups -OCH3 is 1. The lowest BCUT2D eigenvalue weighted by Crippen LogP contribution is -2.27. The first-order chi connectivity index (χ1) is 12.1. The molecule has 1 aromatic heterocycles. The summed E-state index contributed by atoms with van der Waals surface area (Å²) in [6.07, 6.45) is 1.35. The van der Waals surface area contributed by atoms with E-state index in [1.807, 2.05) is 42.5 Å². The first kappa shape index (κ1) is 16.8. The Balaban J connectivity index is 1.81. The van der Waals surface area contributed by atoms with E-state index >= 15 is 0 Å². The van der Waals surface area contributed by atoms with Crippen LogP contribution in [-0.4, -0.2) is 30.9 Å². The van der Waals surface area contributed by atoms with Crippen molar-refractivity contribution >= 4 is 22.6 Å². The summed E-state index contributed by atoms with van der Waals surface area (Å²) in [5.41, 5.74) is 1.44. The molecule has 5 nitrogen and oxygen atoms in total. The van der Waals surface area contributed by atoms with Crippen LogP contribution in [-0.2, 0) is 22.5 Å². The molecule has 5 heteroatoms. The maximum absolute atomic E-state index is 12.8. The van der Waals surface area contributed by atoms with E-state index in [0.29, 0.717) is 17.9 Å². The standard InChI is InChI=1S/C20H19NO4/c1-21(13-15-8-5-7-14-6-3-4-9-16(14)15)20(23)17-10-11-25-18(17)12-19(22)24-2/h3-11H,12-13H2,1-2H3. The number of furan rings is 1. The van der Waals surface area contributed by atoms with E-state index in [4.69, 9.17) is 4.42 Å². The molecule has 2 aromatic carbocycles. The predicted molar refractivity (Wildman–Crippen MR) is 94.2 cm³/mol. The molecule has 0 saturated carbocycles. The van der Waals surface area contributed by atoms with Crippen LogP contribution < -0.4 is 0 Å². The summed E-state index contributed by atoms with van der Waals surface area (Å²) >= 11 is 0. The Hall–Kier alpha value is -3.08. The molecule has 128 valence electrons. The zero-order chi connectivity index (χ0) is 17.8. The van der Waals surface area contributed by atoms with E-state index in [0.717, 1.165) is 16.3 Å². The third kappa shape index (κ3) is 3.55. The second-order valence-corrected chi connectivity index (χ2v) is 5.81. The third-order valence-corrected chi connectivity index (χ3v) is 4.14. The molecule has 0 bridgehead atoms. The number of ether oxygens (including phenoxy) is 1. The van der Waals surface area contributed by atoms with Crippen molar-refractivity contribution < 1.29 is 18.7 Å². The number of amides is 1. The van der Waals surface area contributed by atoms with Crippen molar-refractivity contribution in [3.05, 3.63) is 71.7 Å². The highest BCUT2D eigenvalue weighted by Crippen LogP contribution is 2.21. The molecule has 0 aliphatic rings. The molecule has 1 heterocycles. The van der Waals surface area contributed by atoms with Gasteiger partial charge in [-0.1, -0.05) is 42.5 Å². The highest BCUT2D eigenvalue weighted by atomic mass is 16.5. The lowest BCUT2D eigenvalue weighted by molar-refractivity contribution is -0.140. The van der Waals surface area contributed by atoms with Gasteiger partial charge in [0.1, 0.15) is 12.2 Å². The van der Waals surface area contributed by atoms with Gasteiger partial charge in [0.15, 0.2) is 0 Å². The number of benzene rings is 2. The Morgan fingerprint density at radius 2 is 1.84 bits per heavy atom. The van der Waals surface area contributed by atoms with Crippen LogP contribution >= 0.6 is 0 Å². The van der Waals surface area contributed by atoms with Crippen molar-refractivity contribution in [3.8, 4) is 0 Å². The van der Waals surface area contributed by atoms with Crippen LogP contribution in [0.2, 0.25) is 0 Å². The normalized spacial score (nSPS) is 10.6. The molecule has 25 heavy (non-hydrogen) atoms. The van der Waals surface area contributed by atoms with E-state index in [2.05, 4.69) is 4.74 Å². The van der Waals surface area contributed by atoms with E-state index in [1.54, 1.807) is 18.0 Å². The quantitative estimate of drug-likeness (QED) is 0.669. The Morgan fingerprint density at radius 3 is 2.64 bits per heavy atom. The van der Waals surface area contributed by atoms with Gasteiger partial charge in [0.25, 0.3) is 5.91 Å². The van der Waals surface area contributed by atoms with Crippen molar-refractivity contribution in [1.29, 1.82) is 0 Å². The maximum atomic E-state index is 12.8. The van der Waals surface area contributed by atoms with Crippen molar-refractivity contribution in [3.63, 3.8) is 0 Å². The molecule has 0 fully saturated rings. The Bertz CT molecular complexity index is 907. The highest BCUT2D eigenvalue weighted by molar-refractivity contribution is 5.96. The number of hydrogen-bond donors (Lipinski definition) is 0. The second kappa shape index (κ2) is 7.21. The van der Waals surface area contributed by atoms with Crippen molar-refractivity contribution in [2.24, 2.45) is 0 Å². The highest BCUT2D eigenvalue weighted by Gasteiger charge is 2.21. The van der Waals surface area contributed by atoms with Gasteiger partial charge in [0.05, 0.1) is 18.9 Å². The molecular formula is C20H19NO4. The van der Waals surface area contributed by atoms with Crippen molar-refractivity contribution in [1.82, 2.24) is 4.90 Å². The molecule has 0 saturated heterocycles. The number of nitrogens with zero attached hydrogens (tertiary/aromatic N) is 1. The predicted octanol–water partition coefficient (Wildman–Crippen LogP) is 3.42. The molecule has 0 spiro atoms. The zero-order valence-corrected chi connectivity index (χ0v) is 14.2. The van der Waals surface area contributed by atoms with Crippen molar-refractivity contribution in [2.45, 2.75) is 13.0 Å². The molecule has 0 unspecified atom stereocenters. The molecule has 0 aliphatic carbocycles. The second-order valence-electron chi connectivity index (χ2n) is 5.81. The van der Waals surface area contributed by atoms with Crippen LogP contribution in [0.3, 0.4) is 0 Å². The summed E-state index contributed by atoms with van der Waals surface area (Å²) in [4.78, 5) is 25.8. The van der Waals surface area contributed by atoms with Crippen LogP contribution in [0.1, 0.15) is 21.7 Å². The van der Waals surface area contributed by atoms with E-state index in [-0.39, 0.29) is 12.3 Å². The summed E-state index contributed by atoms with van der Waals surface area (Å²) in [6.45, 7) is 0.461. The lowest BCUT2D eigenvalue weighted by Gasteiger charge is -2.18. The number of esters is 1. The minimum atomic E-state index is -0.444. The van der Waals surface area contributed by atoms with Gasteiger partial charge in [-0.15, -0.1) is 0 Å². The molecule has 3 rings (SSSR count). The van der Waals surface area contributed by atoms with Gasteiger partial charge in [-0.05, 0) is 22.4 Å². The molecule has 0 N–H and O–H groups in total. The monoisotopic (exact) mass is 337 g/mol. The average molecular weight is 337 g/mol. The van der Waals surface area contributed by atoms with Gasteiger partial charge < -0.3 is 14.1 Å². The fraction of sp³-hybridized carbons (Fsp3) is 0.200. The van der Waals surface area contributed by atoms with E-state index in [1.165, 1.54) is 13.4 Å². The summed E-state index contributed by atoms with van der Waals surface area (Å²) in [6, 6.07) is 15.7. The number of hydrogen-bond acceptors (Lipinski definition) is 4. The van der Waals surface area contributed by atoms with E-state index < -0.39 is 5.97 Å². The molecule has 3 aromatic rings. The minimum absolute atomic E-state index is 0.0628. The van der Waals surface area contributed by atoms with Gasteiger partial charge in [-0.3, -0.25) is 9.59 Å². The van der Waals surface area contributed by atoms with Gasteiger partial charge in [0.2, 0.25) is 0 Å². The minimum Gasteiger partial charge on any atom is -0.469 e. The lowest BCUT2D eigenvalue weighted by atomic mass is 10.0. The Labute approximate surface area is 145 Å². The maximum Gasteiger partial charge on any atom is 0.313 e. The summed E-state index contributed by atoms with van der Waals surface area (Å²) in [5.74, 6) is -0.317. The number of rotatable bonds is 5. The number of carbonyl (C=O) groups excluding carboxylic acids is 2. The smallest absolute Gasteiger partial charge is 0.313 e. The summed E-state index contributed by atoms with van der Waals surface area (Å²) < 4.78 is 9.92. The topological polar surface area (TPSA) is 59.8 Å².